The van der Waals surface area contributed by atoms with Crippen LogP contribution in [0, 0.1) is 29.6 Å². The third-order valence-corrected chi connectivity index (χ3v) is 14.3. The van der Waals surface area contributed by atoms with E-state index in [2.05, 4.69) is 37.2 Å². The molecule has 1 aromatic carbocycles. The third kappa shape index (κ3) is 16.6. The zero-order valence-electron chi connectivity index (χ0n) is 37.7. The second kappa shape index (κ2) is 27.1. The first kappa shape index (κ1) is 53.0. The van der Waals surface area contributed by atoms with Gasteiger partial charge in [0.15, 0.2) is 0 Å². The zero-order valence-corrected chi connectivity index (χ0v) is 39.3. The Morgan fingerprint density at radius 3 is 1.48 bits per heavy atom. The van der Waals surface area contributed by atoms with Gasteiger partial charge in [-0.05, 0) is 41.2 Å². The Kier molecular flexibility index (Phi) is 23.5. The van der Waals surface area contributed by atoms with E-state index in [4.69, 9.17) is 5.73 Å². The Bertz CT molecular complexity index is 1640. The number of hydrogen-bond acceptors (Lipinski definition) is 10. The minimum absolute atomic E-state index is 0.0148. The third-order valence-electron chi connectivity index (χ3n) is 11.9. The fourth-order valence-corrected chi connectivity index (χ4v) is 8.64. The van der Waals surface area contributed by atoms with Gasteiger partial charge < -0.3 is 43.0 Å². The van der Waals surface area contributed by atoms with Crippen LogP contribution in [0.15, 0.2) is 36.5 Å². The molecule has 2 rings (SSSR count). The van der Waals surface area contributed by atoms with Crippen molar-refractivity contribution in [1.82, 2.24) is 37.2 Å². The molecule has 0 aliphatic carbocycles. The first-order valence-corrected chi connectivity index (χ1v) is 24.3. The highest BCUT2D eigenvalue weighted by atomic mass is 33.1. The van der Waals surface area contributed by atoms with Crippen LogP contribution in [-0.4, -0.2) is 95.1 Å². The molecule has 1 fully saturated rings. The van der Waals surface area contributed by atoms with Gasteiger partial charge in [-0.2, -0.15) is 0 Å². The highest BCUT2D eigenvalue weighted by molar-refractivity contribution is 8.76. The van der Waals surface area contributed by atoms with Crippen molar-refractivity contribution >= 4 is 69.0 Å². The van der Waals surface area contributed by atoms with Crippen LogP contribution in [0.3, 0.4) is 0 Å². The standard InChI is InChI=1S/C44H72N8O7S2/c1-11-25(6)33(45)40(55)47-32-24-61-60-23-31(38(53)46-22-21-30-19-17-16-18-20-30)48-41(56)34(26(7)12-2)50-43(58)36(28(9)14-4)52-44(59)37(29(10)15-5)51-42(57)35(27(8)13-3)49-39(32)54/h16-22,25-29,31-37H,11-15,23-24,45H2,1-10H3,(H,46,53)(H,47,55)(H,48,56)(H,49,54)(H,50,58)(H,51,57)(H,52,59)/b22-21-/t25-,26-,27-,28-,29-,31-,32-,33-,34-,35-,36-,37-/m0/s1. The molecule has 0 unspecified atom stereocenters. The molecule has 0 bridgehead atoms. The van der Waals surface area contributed by atoms with E-state index in [1.54, 1.807) is 6.08 Å². The molecular formula is C44H72N8O7S2. The van der Waals surface area contributed by atoms with Crippen molar-refractivity contribution in [3.05, 3.63) is 42.1 Å². The lowest BCUT2D eigenvalue weighted by Crippen LogP contribution is -2.63. The van der Waals surface area contributed by atoms with Gasteiger partial charge in [-0.1, -0.05) is 153 Å². The number of nitrogens with two attached hydrogens (primary N) is 1. The number of amides is 7. The molecule has 15 nitrogen and oxygen atoms in total. The van der Waals surface area contributed by atoms with Gasteiger partial charge >= 0.3 is 0 Å². The molecule has 17 heteroatoms. The van der Waals surface area contributed by atoms with Gasteiger partial charge in [0.05, 0.1) is 6.04 Å². The van der Waals surface area contributed by atoms with Crippen molar-refractivity contribution in [2.45, 2.75) is 144 Å². The van der Waals surface area contributed by atoms with Crippen LogP contribution in [0.4, 0.5) is 0 Å². The maximum atomic E-state index is 14.2. The Balaban J connectivity index is 2.69. The molecule has 1 aliphatic heterocycles. The molecule has 1 aromatic rings. The van der Waals surface area contributed by atoms with Gasteiger partial charge in [0.2, 0.25) is 41.4 Å². The van der Waals surface area contributed by atoms with Crippen molar-refractivity contribution in [3.63, 3.8) is 0 Å². The Morgan fingerprint density at radius 1 is 0.639 bits per heavy atom. The summed E-state index contributed by atoms with van der Waals surface area (Å²) in [5, 5.41) is 19.9. The number of benzene rings is 1. The van der Waals surface area contributed by atoms with Crippen molar-refractivity contribution < 1.29 is 33.6 Å². The fourth-order valence-electron chi connectivity index (χ4n) is 6.32. The zero-order chi connectivity index (χ0) is 45.8. The van der Waals surface area contributed by atoms with E-state index in [9.17, 15) is 33.6 Å². The number of nitrogens with one attached hydrogen (secondary N) is 7. The van der Waals surface area contributed by atoms with Crippen LogP contribution < -0.4 is 43.0 Å². The van der Waals surface area contributed by atoms with Crippen LogP contribution in [-0.2, 0) is 33.6 Å². The van der Waals surface area contributed by atoms with Gasteiger partial charge in [-0.3, -0.25) is 33.6 Å². The smallest absolute Gasteiger partial charge is 0.247 e. The quantitative estimate of drug-likeness (QED) is 0.119. The van der Waals surface area contributed by atoms with Crippen molar-refractivity contribution in [3.8, 4) is 0 Å². The molecule has 9 N–H and O–H groups in total. The lowest BCUT2D eigenvalue weighted by Gasteiger charge is -2.33. The monoisotopic (exact) mass is 888 g/mol. The Morgan fingerprint density at radius 2 is 1.05 bits per heavy atom. The lowest BCUT2D eigenvalue weighted by molar-refractivity contribution is -0.137. The minimum Gasteiger partial charge on any atom is -0.342 e. The topological polar surface area (TPSA) is 230 Å². The van der Waals surface area contributed by atoms with Gasteiger partial charge in [0.1, 0.15) is 36.3 Å². The SMILES string of the molecule is CC[C@H](C)[C@H](N)C(=O)N[C@H]1CSSC[C@@H](C(=O)N/C=C\c2ccccc2)NC(=O)[C@H]([C@@H](C)CC)NC(=O)[C@H]([C@@H](C)CC)NC(=O)[C@H]([C@@H](C)CC)NC(=O)[C@H]([C@@H](C)CC)NC1=O. The summed E-state index contributed by atoms with van der Waals surface area (Å²) >= 11 is 0. The summed E-state index contributed by atoms with van der Waals surface area (Å²) in [5.41, 5.74) is 7.12. The van der Waals surface area contributed by atoms with Crippen LogP contribution >= 0.6 is 21.6 Å². The maximum absolute atomic E-state index is 14.2. The molecule has 342 valence electrons. The molecule has 61 heavy (non-hydrogen) atoms. The number of carbonyl (C=O) groups excluding carboxylic acids is 7. The average Bonchev–Trinajstić information content (AvgIpc) is 3.26. The highest BCUT2D eigenvalue weighted by Gasteiger charge is 2.38. The van der Waals surface area contributed by atoms with Crippen molar-refractivity contribution in [2.24, 2.45) is 35.3 Å². The molecule has 0 aromatic heterocycles. The van der Waals surface area contributed by atoms with Gasteiger partial charge in [0.25, 0.3) is 0 Å². The number of hydrogen-bond donors (Lipinski definition) is 8. The molecular weight excluding hydrogens is 817 g/mol. The van der Waals surface area contributed by atoms with E-state index in [1.165, 1.54) is 27.8 Å². The van der Waals surface area contributed by atoms with Crippen LogP contribution in [0.1, 0.15) is 107 Å². The molecule has 1 aliphatic rings. The summed E-state index contributed by atoms with van der Waals surface area (Å²) in [6, 6.07) is 1.90. The van der Waals surface area contributed by atoms with E-state index < -0.39 is 83.6 Å². The van der Waals surface area contributed by atoms with Gasteiger partial charge in [-0.15, -0.1) is 0 Å². The Labute approximate surface area is 371 Å². The highest BCUT2D eigenvalue weighted by Crippen LogP contribution is 2.24. The molecule has 0 spiro atoms. The minimum atomic E-state index is -1.14. The lowest BCUT2D eigenvalue weighted by atomic mass is 9.92. The van der Waals surface area contributed by atoms with Gasteiger partial charge in [0, 0.05) is 17.7 Å². The largest absolute Gasteiger partial charge is 0.342 e. The molecule has 0 saturated carbocycles. The van der Waals surface area contributed by atoms with E-state index in [1.807, 2.05) is 99.6 Å². The second-order valence-corrected chi connectivity index (χ2v) is 18.9. The van der Waals surface area contributed by atoms with E-state index >= 15 is 0 Å². The second-order valence-electron chi connectivity index (χ2n) is 16.3. The van der Waals surface area contributed by atoms with Crippen LogP contribution in [0.5, 0.6) is 0 Å². The maximum Gasteiger partial charge on any atom is 0.247 e. The predicted molar refractivity (Wildman–Crippen MR) is 245 cm³/mol. The summed E-state index contributed by atoms with van der Waals surface area (Å²) in [6.45, 7) is 18.5. The average molecular weight is 889 g/mol. The van der Waals surface area contributed by atoms with E-state index in [-0.39, 0.29) is 41.1 Å². The van der Waals surface area contributed by atoms with E-state index in [0.29, 0.717) is 32.1 Å². The summed E-state index contributed by atoms with van der Waals surface area (Å²) in [7, 11) is 2.40. The van der Waals surface area contributed by atoms with Crippen LogP contribution in [0.25, 0.3) is 6.08 Å². The molecule has 0 radical (unpaired) electrons. The molecule has 12 atom stereocenters. The predicted octanol–water partition coefficient (Wildman–Crippen LogP) is 3.64. The normalized spacial score (nSPS) is 25.9. The van der Waals surface area contributed by atoms with E-state index in [0.717, 1.165) is 5.56 Å². The molecule has 1 saturated heterocycles. The van der Waals surface area contributed by atoms with Crippen molar-refractivity contribution in [1.29, 1.82) is 0 Å². The molecule has 7 amide bonds. The van der Waals surface area contributed by atoms with Gasteiger partial charge in [-0.25, -0.2) is 0 Å². The summed E-state index contributed by atoms with van der Waals surface area (Å²) in [6.07, 6.45) is 5.86. The summed E-state index contributed by atoms with van der Waals surface area (Å²) in [4.78, 5) is 98.0. The summed E-state index contributed by atoms with van der Waals surface area (Å²) in [5.74, 6) is -5.63. The number of carbonyl (C=O) groups is 7. The van der Waals surface area contributed by atoms with Crippen LogP contribution in [0.2, 0.25) is 0 Å². The first-order valence-electron chi connectivity index (χ1n) is 21.8. The first-order chi connectivity index (χ1) is 28.9. The van der Waals surface area contributed by atoms with Crippen molar-refractivity contribution in [2.75, 3.05) is 11.5 Å². The number of rotatable bonds is 15. The summed E-state index contributed by atoms with van der Waals surface area (Å²) < 4.78 is 0. The molecule has 1 heterocycles. The Hall–Kier alpha value is -4.09. The fraction of sp³-hybridized carbons (Fsp3) is 0.659.